The lowest BCUT2D eigenvalue weighted by molar-refractivity contribution is 0.281. The minimum absolute atomic E-state index is 0.0548. The van der Waals surface area contributed by atoms with E-state index in [1.165, 1.54) is 11.1 Å². The van der Waals surface area contributed by atoms with Gasteiger partial charge in [-0.2, -0.15) is 0 Å². The molecule has 1 aliphatic heterocycles. The molecule has 1 unspecified atom stereocenters. The Hall–Kier alpha value is -1.36. The standard InChI is InChI=1S/C17H19BrN2O/c18-14-8-6-12(7-9-14)11-16(20-19)15-5-1-3-13-4-2-10-21-17(13)15/h1,3,5-9,16,20H,2,4,10-11,19H2. The van der Waals surface area contributed by atoms with Crippen LogP contribution >= 0.6 is 15.9 Å². The van der Waals surface area contributed by atoms with E-state index in [2.05, 4.69) is 63.8 Å². The highest BCUT2D eigenvalue weighted by Gasteiger charge is 2.20. The normalized spacial score (nSPS) is 15.1. The minimum Gasteiger partial charge on any atom is -0.493 e. The monoisotopic (exact) mass is 346 g/mol. The smallest absolute Gasteiger partial charge is 0.127 e. The van der Waals surface area contributed by atoms with Gasteiger partial charge in [0, 0.05) is 10.0 Å². The van der Waals surface area contributed by atoms with Crippen LogP contribution in [0.5, 0.6) is 5.75 Å². The molecule has 3 N–H and O–H groups in total. The first-order valence-electron chi connectivity index (χ1n) is 7.23. The number of nitrogens with one attached hydrogen (secondary N) is 1. The minimum atomic E-state index is 0.0548. The summed E-state index contributed by atoms with van der Waals surface area (Å²) in [5, 5.41) is 0. The summed E-state index contributed by atoms with van der Waals surface area (Å²) in [5.74, 6) is 6.82. The van der Waals surface area contributed by atoms with Crippen LogP contribution in [0.1, 0.15) is 29.2 Å². The van der Waals surface area contributed by atoms with Crippen LogP contribution in [-0.4, -0.2) is 6.61 Å². The van der Waals surface area contributed by atoms with Crippen molar-refractivity contribution in [2.24, 2.45) is 5.84 Å². The van der Waals surface area contributed by atoms with E-state index in [0.717, 1.165) is 41.7 Å². The van der Waals surface area contributed by atoms with E-state index in [0.29, 0.717) is 0 Å². The van der Waals surface area contributed by atoms with Gasteiger partial charge >= 0.3 is 0 Å². The Morgan fingerprint density at radius 3 is 2.76 bits per heavy atom. The molecular weight excluding hydrogens is 328 g/mol. The molecule has 0 aromatic heterocycles. The zero-order valence-corrected chi connectivity index (χ0v) is 13.4. The molecule has 1 atom stereocenters. The molecule has 2 aromatic rings. The van der Waals surface area contributed by atoms with E-state index in [1.54, 1.807) is 0 Å². The van der Waals surface area contributed by atoms with Gasteiger partial charge in [0.15, 0.2) is 0 Å². The Kier molecular flexibility index (Phi) is 4.58. The van der Waals surface area contributed by atoms with E-state index in [1.807, 2.05) is 0 Å². The molecule has 1 heterocycles. The molecule has 1 aliphatic rings. The van der Waals surface area contributed by atoms with Crippen LogP contribution in [0.3, 0.4) is 0 Å². The third-order valence-electron chi connectivity index (χ3n) is 3.89. The van der Waals surface area contributed by atoms with Crippen LogP contribution in [-0.2, 0) is 12.8 Å². The summed E-state index contributed by atoms with van der Waals surface area (Å²) in [6.45, 7) is 0.791. The highest BCUT2D eigenvalue weighted by atomic mass is 79.9. The molecule has 4 heteroatoms. The lowest BCUT2D eigenvalue weighted by Crippen LogP contribution is -2.30. The highest BCUT2D eigenvalue weighted by molar-refractivity contribution is 9.10. The summed E-state index contributed by atoms with van der Waals surface area (Å²) < 4.78 is 6.98. The van der Waals surface area contributed by atoms with Gasteiger partial charge in [-0.15, -0.1) is 0 Å². The van der Waals surface area contributed by atoms with Crippen molar-refractivity contribution in [3.8, 4) is 5.75 Å². The van der Waals surface area contributed by atoms with Crippen LogP contribution in [0.4, 0.5) is 0 Å². The van der Waals surface area contributed by atoms with Gasteiger partial charge < -0.3 is 4.74 Å². The predicted molar refractivity (Wildman–Crippen MR) is 88.2 cm³/mol. The van der Waals surface area contributed by atoms with Crippen molar-refractivity contribution in [3.05, 3.63) is 63.6 Å². The number of aryl methyl sites for hydroxylation is 1. The van der Waals surface area contributed by atoms with Gasteiger partial charge in [-0.25, -0.2) is 0 Å². The average Bonchev–Trinajstić information content (AvgIpc) is 2.54. The maximum absolute atomic E-state index is 5.89. The number of hydrogen-bond acceptors (Lipinski definition) is 3. The number of nitrogens with two attached hydrogens (primary N) is 1. The third-order valence-corrected chi connectivity index (χ3v) is 4.42. The third kappa shape index (κ3) is 3.28. The average molecular weight is 347 g/mol. The Bertz CT molecular complexity index is 613. The van der Waals surface area contributed by atoms with Gasteiger partial charge in [0.05, 0.1) is 12.6 Å². The molecule has 0 radical (unpaired) electrons. The predicted octanol–water partition coefficient (Wildman–Crippen LogP) is 3.52. The molecule has 3 rings (SSSR count). The molecule has 0 bridgehead atoms. The van der Waals surface area contributed by atoms with Crippen molar-refractivity contribution >= 4 is 15.9 Å². The van der Waals surface area contributed by atoms with Crippen LogP contribution in [0, 0.1) is 0 Å². The zero-order chi connectivity index (χ0) is 14.7. The largest absolute Gasteiger partial charge is 0.493 e. The van der Waals surface area contributed by atoms with Gasteiger partial charge in [0.2, 0.25) is 0 Å². The van der Waals surface area contributed by atoms with Crippen LogP contribution in [0.25, 0.3) is 0 Å². The number of ether oxygens (including phenoxy) is 1. The van der Waals surface area contributed by atoms with Crippen LogP contribution < -0.4 is 16.0 Å². The van der Waals surface area contributed by atoms with Crippen molar-refractivity contribution < 1.29 is 4.74 Å². The van der Waals surface area contributed by atoms with Crippen molar-refractivity contribution in [2.45, 2.75) is 25.3 Å². The zero-order valence-electron chi connectivity index (χ0n) is 11.8. The second-order valence-corrected chi connectivity index (χ2v) is 6.25. The van der Waals surface area contributed by atoms with Gasteiger partial charge in [-0.05, 0) is 42.5 Å². The molecule has 21 heavy (non-hydrogen) atoms. The fourth-order valence-corrected chi connectivity index (χ4v) is 3.07. The fraction of sp³-hybridized carbons (Fsp3) is 0.294. The number of benzene rings is 2. The number of hydrogen-bond donors (Lipinski definition) is 2. The SMILES string of the molecule is NNC(Cc1ccc(Br)cc1)c1cccc2c1OCCC2. The number of para-hydroxylation sites is 1. The lowest BCUT2D eigenvalue weighted by atomic mass is 9.94. The maximum Gasteiger partial charge on any atom is 0.127 e. The summed E-state index contributed by atoms with van der Waals surface area (Å²) in [7, 11) is 0. The van der Waals surface area contributed by atoms with E-state index >= 15 is 0 Å². The van der Waals surface area contributed by atoms with Crippen molar-refractivity contribution in [2.75, 3.05) is 6.61 Å². The number of rotatable bonds is 4. The molecule has 0 fully saturated rings. The summed E-state index contributed by atoms with van der Waals surface area (Å²) in [4.78, 5) is 0. The van der Waals surface area contributed by atoms with Gasteiger partial charge in [0.1, 0.15) is 5.75 Å². The second kappa shape index (κ2) is 6.60. The second-order valence-electron chi connectivity index (χ2n) is 5.34. The van der Waals surface area contributed by atoms with E-state index in [4.69, 9.17) is 10.6 Å². The topological polar surface area (TPSA) is 47.3 Å². The summed E-state index contributed by atoms with van der Waals surface area (Å²) in [6.07, 6.45) is 3.01. The number of fused-ring (bicyclic) bond motifs is 1. The molecule has 0 spiro atoms. The molecule has 0 saturated carbocycles. The summed E-state index contributed by atoms with van der Waals surface area (Å²) in [6, 6.07) is 14.7. The molecule has 2 aromatic carbocycles. The fourth-order valence-electron chi connectivity index (χ4n) is 2.80. The highest BCUT2D eigenvalue weighted by Crippen LogP contribution is 2.34. The van der Waals surface area contributed by atoms with Crippen LogP contribution in [0.15, 0.2) is 46.9 Å². The molecular formula is C17H19BrN2O. The first kappa shape index (κ1) is 14.6. The van der Waals surface area contributed by atoms with E-state index in [9.17, 15) is 0 Å². The Labute approximate surface area is 133 Å². The van der Waals surface area contributed by atoms with Crippen molar-refractivity contribution in [1.82, 2.24) is 5.43 Å². The Morgan fingerprint density at radius 2 is 2.00 bits per heavy atom. The van der Waals surface area contributed by atoms with Crippen molar-refractivity contribution in [3.63, 3.8) is 0 Å². The lowest BCUT2D eigenvalue weighted by Gasteiger charge is -2.25. The summed E-state index contributed by atoms with van der Waals surface area (Å²) in [5.41, 5.74) is 6.62. The molecule has 3 nitrogen and oxygen atoms in total. The van der Waals surface area contributed by atoms with Crippen molar-refractivity contribution in [1.29, 1.82) is 0 Å². The van der Waals surface area contributed by atoms with Gasteiger partial charge in [0.25, 0.3) is 0 Å². The molecule has 0 amide bonds. The quantitative estimate of drug-likeness (QED) is 0.657. The Morgan fingerprint density at radius 1 is 1.19 bits per heavy atom. The molecule has 110 valence electrons. The number of halogens is 1. The first-order chi connectivity index (χ1) is 10.3. The van der Waals surface area contributed by atoms with Crippen LogP contribution in [0.2, 0.25) is 0 Å². The molecule has 0 aliphatic carbocycles. The summed E-state index contributed by atoms with van der Waals surface area (Å²) >= 11 is 3.46. The first-order valence-corrected chi connectivity index (χ1v) is 8.02. The van der Waals surface area contributed by atoms with Gasteiger partial charge in [-0.3, -0.25) is 11.3 Å². The molecule has 0 saturated heterocycles. The van der Waals surface area contributed by atoms with E-state index in [-0.39, 0.29) is 6.04 Å². The maximum atomic E-state index is 5.89. The Balaban J connectivity index is 1.88. The van der Waals surface area contributed by atoms with Gasteiger partial charge in [-0.1, -0.05) is 46.3 Å². The number of hydrazine groups is 1. The van der Waals surface area contributed by atoms with E-state index < -0.39 is 0 Å².